The maximum absolute atomic E-state index is 13.2. The lowest BCUT2D eigenvalue weighted by Crippen LogP contribution is -2.53. The van der Waals surface area contributed by atoms with E-state index in [4.69, 9.17) is 44.5 Å². The predicted octanol–water partition coefficient (Wildman–Crippen LogP) is 7.87. The summed E-state index contributed by atoms with van der Waals surface area (Å²) in [6.45, 7) is 9.57. The van der Waals surface area contributed by atoms with Crippen molar-refractivity contribution in [2.24, 2.45) is 4.99 Å². The van der Waals surface area contributed by atoms with Crippen LogP contribution in [0.15, 0.2) is 71.7 Å². The maximum atomic E-state index is 13.2. The molecule has 1 amide bonds. The average molecular weight is 560 g/mol. The Kier molecular flexibility index (Phi) is 7.39. The molecule has 2 atom stereocenters. The van der Waals surface area contributed by atoms with Gasteiger partial charge in [0.15, 0.2) is 0 Å². The van der Waals surface area contributed by atoms with E-state index in [-0.39, 0.29) is 0 Å². The van der Waals surface area contributed by atoms with E-state index < -0.39 is 22.0 Å². The molecule has 0 radical (unpaired) electrons. The molecule has 0 bridgehead atoms. The minimum absolute atomic E-state index is 0.362. The van der Waals surface area contributed by atoms with Gasteiger partial charge in [-0.1, -0.05) is 53.5 Å². The number of nitrogens with zero attached hydrogens (tertiary/aromatic N) is 2. The van der Waals surface area contributed by atoms with Crippen LogP contribution in [0.1, 0.15) is 56.9 Å². The number of halogens is 3. The molecular formula is C29H29Cl3N2O3. The number of aliphatic hydroxyl groups is 1. The number of carbonyl (C=O) groups excluding carboxylic acids is 1. The van der Waals surface area contributed by atoms with E-state index in [1.165, 1.54) is 4.90 Å². The van der Waals surface area contributed by atoms with Crippen molar-refractivity contribution < 1.29 is 14.6 Å². The number of hydrogen-bond donors (Lipinski definition) is 1. The second-order valence-electron chi connectivity index (χ2n) is 9.88. The van der Waals surface area contributed by atoms with Crippen LogP contribution in [0, 0.1) is 0 Å². The molecule has 0 unspecified atom stereocenters. The van der Waals surface area contributed by atoms with Crippen molar-refractivity contribution in [3.05, 3.63) is 99.0 Å². The Balaban J connectivity index is 2.03. The van der Waals surface area contributed by atoms with Gasteiger partial charge in [0.25, 0.3) is 0 Å². The summed E-state index contributed by atoms with van der Waals surface area (Å²) in [7, 11) is 0. The molecule has 0 spiro atoms. The molecule has 3 aromatic rings. The molecular weight excluding hydrogens is 531 g/mol. The standard InChI is InChI=1S/C29H29Cl3N2O3/c1-6-37-24-17-20(27(2,3)36)11-16-23(24)25-33-28(4,18-7-12-21(30)13-8-18)29(5,34(25)26(32)35)19-9-14-22(31)15-10-19/h7-17,36H,6H2,1-5H3/t28-,29+/m0/s1. The maximum Gasteiger partial charge on any atom is 0.322 e. The fourth-order valence-corrected chi connectivity index (χ4v) is 5.41. The van der Waals surface area contributed by atoms with E-state index >= 15 is 0 Å². The third kappa shape index (κ3) is 4.74. The van der Waals surface area contributed by atoms with Crippen LogP contribution in [0.3, 0.4) is 0 Å². The Morgan fingerprint density at radius 2 is 1.51 bits per heavy atom. The van der Waals surface area contributed by atoms with Gasteiger partial charge in [-0.05, 0) is 99.3 Å². The Labute approximate surface area is 232 Å². The summed E-state index contributed by atoms with van der Waals surface area (Å²) in [5, 5.41) is 11.1. The molecule has 37 heavy (non-hydrogen) atoms. The molecule has 1 aliphatic rings. The molecule has 0 fully saturated rings. The van der Waals surface area contributed by atoms with Gasteiger partial charge in [0, 0.05) is 10.0 Å². The van der Waals surface area contributed by atoms with Crippen molar-refractivity contribution in [3.63, 3.8) is 0 Å². The summed E-state index contributed by atoms with van der Waals surface area (Å²) in [6.07, 6.45) is 0. The third-order valence-corrected chi connectivity index (χ3v) is 7.83. The van der Waals surface area contributed by atoms with Crippen molar-refractivity contribution in [3.8, 4) is 5.75 Å². The fraction of sp³-hybridized carbons (Fsp3) is 0.310. The van der Waals surface area contributed by atoms with Gasteiger partial charge in [0.05, 0.1) is 17.8 Å². The molecule has 0 saturated heterocycles. The molecule has 1 heterocycles. The Morgan fingerprint density at radius 1 is 0.973 bits per heavy atom. The normalized spacial score (nSPS) is 21.6. The van der Waals surface area contributed by atoms with Gasteiger partial charge in [-0.3, -0.25) is 14.7 Å². The number of hydrogen-bond acceptors (Lipinski definition) is 4. The van der Waals surface area contributed by atoms with Gasteiger partial charge in [0.1, 0.15) is 22.7 Å². The van der Waals surface area contributed by atoms with Crippen molar-refractivity contribution in [1.82, 2.24) is 4.90 Å². The van der Waals surface area contributed by atoms with Crippen LogP contribution in [0.2, 0.25) is 10.0 Å². The molecule has 5 nitrogen and oxygen atoms in total. The lowest BCUT2D eigenvalue weighted by atomic mass is 9.71. The lowest BCUT2D eigenvalue weighted by molar-refractivity contribution is 0.0782. The molecule has 4 rings (SSSR count). The molecule has 3 aromatic carbocycles. The number of rotatable bonds is 6. The van der Waals surface area contributed by atoms with E-state index in [0.29, 0.717) is 39.4 Å². The summed E-state index contributed by atoms with van der Waals surface area (Å²) in [4.78, 5) is 19.9. The molecule has 0 aromatic heterocycles. The molecule has 0 aliphatic carbocycles. The summed E-state index contributed by atoms with van der Waals surface area (Å²) in [6, 6.07) is 20.1. The number of benzene rings is 3. The van der Waals surface area contributed by atoms with Crippen molar-refractivity contribution >= 4 is 46.0 Å². The average Bonchev–Trinajstić information content (AvgIpc) is 3.08. The Morgan fingerprint density at radius 3 is 2.00 bits per heavy atom. The van der Waals surface area contributed by atoms with E-state index in [9.17, 15) is 9.90 Å². The van der Waals surface area contributed by atoms with Gasteiger partial charge < -0.3 is 9.84 Å². The van der Waals surface area contributed by atoms with Crippen LogP contribution in [0.5, 0.6) is 5.75 Å². The van der Waals surface area contributed by atoms with Gasteiger partial charge in [0.2, 0.25) is 0 Å². The van der Waals surface area contributed by atoms with Crippen LogP contribution in [0.4, 0.5) is 4.79 Å². The van der Waals surface area contributed by atoms with E-state index in [1.54, 1.807) is 56.3 Å². The lowest BCUT2D eigenvalue weighted by Gasteiger charge is -2.44. The molecule has 1 N–H and O–H groups in total. The number of aliphatic imine (C=N–C) groups is 1. The zero-order valence-corrected chi connectivity index (χ0v) is 23.6. The van der Waals surface area contributed by atoms with E-state index in [1.807, 2.05) is 45.0 Å². The zero-order valence-electron chi connectivity index (χ0n) is 21.3. The van der Waals surface area contributed by atoms with Gasteiger partial charge in [-0.25, -0.2) is 0 Å². The van der Waals surface area contributed by atoms with Crippen LogP contribution in [-0.2, 0) is 16.7 Å². The number of amidine groups is 1. The topological polar surface area (TPSA) is 62.1 Å². The van der Waals surface area contributed by atoms with Gasteiger partial charge in [-0.2, -0.15) is 0 Å². The summed E-state index contributed by atoms with van der Waals surface area (Å²) in [5.74, 6) is 0.850. The van der Waals surface area contributed by atoms with Gasteiger partial charge in [-0.15, -0.1) is 0 Å². The highest BCUT2D eigenvalue weighted by molar-refractivity contribution is 6.64. The molecule has 0 saturated carbocycles. The second-order valence-corrected chi connectivity index (χ2v) is 11.1. The first-order valence-corrected chi connectivity index (χ1v) is 13.1. The van der Waals surface area contributed by atoms with Crippen molar-refractivity contribution in [2.75, 3.05) is 6.61 Å². The SMILES string of the molecule is CCOc1cc(C(C)(C)O)ccc1C1=N[C@@](C)(c2ccc(Cl)cc2)[C@@](C)(c2ccc(Cl)cc2)N1C(=O)Cl. The Bertz CT molecular complexity index is 1350. The van der Waals surface area contributed by atoms with Crippen molar-refractivity contribution in [1.29, 1.82) is 0 Å². The number of carbonyl (C=O) groups is 1. The van der Waals surface area contributed by atoms with Gasteiger partial charge >= 0.3 is 5.37 Å². The first kappa shape index (κ1) is 27.5. The van der Waals surface area contributed by atoms with Crippen molar-refractivity contribution in [2.45, 2.75) is 51.3 Å². The number of amides is 1. The first-order valence-electron chi connectivity index (χ1n) is 11.9. The highest BCUT2D eigenvalue weighted by Gasteiger charge is 2.59. The van der Waals surface area contributed by atoms with Crippen LogP contribution >= 0.6 is 34.8 Å². The monoisotopic (exact) mass is 558 g/mol. The summed E-state index contributed by atoms with van der Waals surface area (Å²) in [5.41, 5.74) is -0.197. The summed E-state index contributed by atoms with van der Waals surface area (Å²) < 4.78 is 5.98. The third-order valence-electron chi connectivity index (χ3n) is 7.15. The van der Waals surface area contributed by atoms with Crippen LogP contribution in [-0.4, -0.2) is 27.8 Å². The highest BCUT2D eigenvalue weighted by atomic mass is 35.5. The smallest absolute Gasteiger partial charge is 0.322 e. The minimum Gasteiger partial charge on any atom is -0.493 e. The van der Waals surface area contributed by atoms with E-state index in [2.05, 4.69) is 0 Å². The number of ether oxygens (including phenoxy) is 1. The predicted molar refractivity (Wildman–Crippen MR) is 150 cm³/mol. The molecule has 194 valence electrons. The fourth-order valence-electron chi connectivity index (χ4n) is 4.91. The quantitative estimate of drug-likeness (QED) is 0.247. The molecule has 8 heteroatoms. The Hall–Kier alpha value is -2.57. The second kappa shape index (κ2) is 9.95. The molecule has 1 aliphatic heterocycles. The van der Waals surface area contributed by atoms with E-state index in [0.717, 1.165) is 11.1 Å². The first-order chi connectivity index (χ1) is 17.3. The zero-order chi connectivity index (χ0) is 27.2. The van der Waals surface area contributed by atoms with Crippen LogP contribution in [0.25, 0.3) is 0 Å². The minimum atomic E-state index is -1.08. The highest BCUT2D eigenvalue weighted by Crippen LogP contribution is 2.54. The van der Waals surface area contributed by atoms with Crippen LogP contribution < -0.4 is 4.74 Å². The summed E-state index contributed by atoms with van der Waals surface area (Å²) >= 11 is 18.8. The largest absolute Gasteiger partial charge is 0.493 e.